The second-order valence-corrected chi connectivity index (χ2v) is 16.7. The molecule has 0 aliphatic carbocycles. The third kappa shape index (κ3) is 9.18. The smallest absolute Gasteiger partial charge is 0.256 e. The van der Waals surface area contributed by atoms with E-state index < -0.39 is 0 Å². The van der Waals surface area contributed by atoms with Gasteiger partial charge in [0.15, 0.2) is 0 Å². The van der Waals surface area contributed by atoms with Crippen LogP contribution in [0, 0.1) is 6.92 Å². The molecule has 3 N–H and O–H groups in total. The maximum absolute atomic E-state index is 12.7. The standard InChI is InChI=1S/C27H27N3O4S.C21H21NO2/c1-18(31)28-20-5-6-21-22(27(32)29-24(21)17-20)15-19-4-7-25(23(16-19)26-3-2-14-35-26)34-13-10-30-8-11-33-12-9-30;1-13-5-4-6-17-19(13)16(20(23)22-17)12-14-7-8-18-15(11-14)9-10-21(2,3)24-18/h2-7,14-17H,8-13H2,1H3,(H,28,31)(H,29,32);4-8,11-12H,9-10H2,1-3H3,(H,22,23). The highest BCUT2D eigenvalue weighted by molar-refractivity contribution is 7.13. The van der Waals surface area contributed by atoms with E-state index in [1.807, 2.05) is 79.1 Å². The van der Waals surface area contributed by atoms with E-state index in [0.717, 1.165) is 107 Å². The van der Waals surface area contributed by atoms with Crippen LogP contribution in [0.15, 0.2) is 90.3 Å². The maximum atomic E-state index is 12.7. The van der Waals surface area contributed by atoms with Gasteiger partial charge < -0.3 is 30.2 Å². The molecule has 0 bridgehead atoms. The second kappa shape index (κ2) is 17.1. The molecule has 5 heterocycles. The molecule has 1 fully saturated rings. The zero-order valence-corrected chi connectivity index (χ0v) is 34.6. The van der Waals surface area contributed by atoms with E-state index in [4.69, 9.17) is 14.2 Å². The Morgan fingerprint density at radius 3 is 2.44 bits per heavy atom. The zero-order chi connectivity index (χ0) is 41.1. The van der Waals surface area contributed by atoms with Crippen LogP contribution in [-0.4, -0.2) is 67.7 Å². The molecule has 1 saturated heterocycles. The second-order valence-electron chi connectivity index (χ2n) is 15.7. The molecule has 0 saturated carbocycles. The van der Waals surface area contributed by atoms with Gasteiger partial charge in [0.05, 0.1) is 18.9 Å². The van der Waals surface area contributed by atoms with Gasteiger partial charge in [0.2, 0.25) is 5.91 Å². The first-order chi connectivity index (χ1) is 28.5. The van der Waals surface area contributed by atoms with E-state index in [9.17, 15) is 14.4 Å². The first-order valence-corrected chi connectivity index (χ1v) is 20.9. The van der Waals surface area contributed by atoms with Crippen molar-refractivity contribution in [2.75, 3.05) is 55.4 Å². The van der Waals surface area contributed by atoms with Crippen LogP contribution in [0.5, 0.6) is 11.5 Å². The van der Waals surface area contributed by atoms with Gasteiger partial charge >= 0.3 is 0 Å². The summed E-state index contributed by atoms with van der Waals surface area (Å²) in [4.78, 5) is 39.9. The number of hydrogen-bond acceptors (Lipinski definition) is 8. The summed E-state index contributed by atoms with van der Waals surface area (Å²) < 4.78 is 17.7. The Balaban J connectivity index is 0.000000176. The van der Waals surface area contributed by atoms with Crippen LogP contribution in [0.3, 0.4) is 0 Å². The topological polar surface area (TPSA) is 118 Å². The van der Waals surface area contributed by atoms with Crippen LogP contribution in [0.1, 0.15) is 60.6 Å². The van der Waals surface area contributed by atoms with Gasteiger partial charge in [-0.05, 0) is 122 Å². The molecular weight excluding hydrogens is 761 g/mol. The van der Waals surface area contributed by atoms with Crippen LogP contribution in [0.4, 0.5) is 17.1 Å². The highest BCUT2D eigenvalue weighted by Crippen LogP contribution is 2.40. The molecule has 4 aromatic carbocycles. The van der Waals surface area contributed by atoms with Gasteiger partial charge in [0.25, 0.3) is 11.8 Å². The Bertz CT molecular complexity index is 2480. The minimum atomic E-state index is -0.163. The van der Waals surface area contributed by atoms with E-state index in [-0.39, 0.29) is 23.3 Å². The van der Waals surface area contributed by atoms with E-state index in [0.29, 0.717) is 23.6 Å². The van der Waals surface area contributed by atoms with Gasteiger partial charge in [-0.2, -0.15) is 0 Å². The van der Waals surface area contributed by atoms with Crippen molar-refractivity contribution >= 4 is 69.4 Å². The van der Waals surface area contributed by atoms with Crippen molar-refractivity contribution in [3.8, 4) is 21.9 Å². The monoisotopic (exact) mass is 808 g/mol. The predicted octanol–water partition coefficient (Wildman–Crippen LogP) is 9.17. The molecule has 59 heavy (non-hydrogen) atoms. The Labute approximate surface area is 348 Å². The maximum Gasteiger partial charge on any atom is 0.256 e. The minimum absolute atomic E-state index is 0.0330. The first-order valence-electron chi connectivity index (χ1n) is 20.0. The summed E-state index contributed by atoms with van der Waals surface area (Å²) in [6, 6.07) is 27.7. The van der Waals surface area contributed by atoms with Gasteiger partial charge in [-0.1, -0.05) is 36.4 Å². The Morgan fingerprint density at radius 2 is 1.64 bits per heavy atom. The third-order valence-electron chi connectivity index (χ3n) is 10.8. The number of rotatable bonds is 8. The number of carbonyl (C=O) groups is 3. The van der Waals surface area contributed by atoms with Gasteiger partial charge in [-0.15, -0.1) is 11.3 Å². The van der Waals surface area contributed by atoms with Crippen LogP contribution >= 0.6 is 11.3 Å². The molecule has 4 aliphatic rings. The van der Waals surface area contributed by atoms with Crippen molar-refractivity contribution < 1.29 is 28.6 Å². The Kier molecular flexibility index (Phi) is 11.5. The summed E-state index contributed by atoms with van der Waals surface area (Å²) in [5.74, 6) is 1.44. The lowest BCUT2D eigenvalue weighted by molar-refractivity contribution is -0.114. The number of nitrogens with one attached hydrogen (secondary N) is 3. The number of benzene rings is 4. The predicted molar refractivity (Wildman–Crippen MR) is 237 cm³/mol. The Hall–Kier alpha value is -6.01. The van der Waals surface area contributed by atoms with Crippen molar-refractivity contribution in [1.82, 2.24) is 4.90 Å². The number of anilines is 3. The van der Waals surface area contributed by atoms with Crippen LogP contribution in [-0.2, 0) is 25.5 Å². The number of ether oxygens (including phenoxy) is 3. The van der Waals surface area contributed by atoms with Gasteiger partial charge in [-0.3, -0.25) is 19.3 Å². The molecule has 9 rings (SSSR count). The molecule has 3 amide bonds. The summed E-state index contributed by atoms with van der Waals surface area (Å²) in [7, 11) is 0. The minimum Gasteiger partial charge on any atom is -0.492 e. The van der Waals surface area contributed by atoms with E-state index >= 15 is 0 Å². The van der Waals surface area contributed by atoms with Crippen LogP contribution < -0.4 is 25.4 Å². The number of nitrogens with zero attached hydrogens (tertiary/aromatic N) is 1. The largest absolute Gasteiger partial charge is 0.492 e. The SMILES string of the molecule is CC(=O)Nc1ccc2c(c1)NC(=O)C2=Cc1ccc(OCCN2CCOCC2)c(-c2cccs2)c1.Cc1cccc2c1C(=Cc1ccc3c(c1)CCC(C)(C)O3)C(=O)N2. The highest BCUT2D eigenvalue weighted by Gasteiger charge is 2.28. The number of hydrogen-bond donors (Lipinski definition) is 3. The molecular formula is C48H48N4O6S. The van der Waals surface area contributed by atoms with Crippen molar-refractivity contribution in [1.29, 1.82) is 0 Å². The molecule has 0 spiro atoms. The summed E-state index contributed by atoms with van der Waals surface area (Å²) in [5, 5.41) is 10.6. The molecule has 10 nitrogen and oxygen atoms in total. The molecule has 4 aliphatic heterocycles. The zero-order valence-electron chi connectivity index (χ0n) is 33.8. The first kappa shape index (κ1) is 39.8. The van der Waals surface area contributed by atoms with Crippen molar-refractivity contribution in [2.24, 2.45) is 0 Å². The van der Waals surface area contributed by atoms with Crippen molar-refractivity contribution in [3.63, 3.8) is 0 Å². The lowest BCUT2D eigenvalue weighted by atomic mass is 9.92. The highest BCUT2D eigenvalue weighted by atomic mass is 32.1. The number of carbonyl (C=O) groups excluding carboxylic acids is 3. The fraction of sp³-hybridized carbons (Fsp3) is 0.271. The molecule has 5 aromatic rings. The van der Waals surface area contributed by atoms with Crippen molar-refractivity contribution in [3.05, 3.63) is 124 Å². The summed E-state index contributed by atoms with van der Waals surface area (Å²) in [6.07, 6.45) is 5.88. The van der Waals surface area contributed by atoms with Gasteiger partial charge in [0.1, 0.15) is 23.7 Å². The number of thiophene rings is 1. The van der Waals surface area contributed by atoms with Crippen molar-refractivity contribution in [2.45, 2.75) is 46.1 Å². The molecule has 0 unspecified atom stereocenters. The lowest BCUT2D eigenvalue weighted by Crippen LogP contribution is -2.38. The number of fused-ring (bicyclic) bond motifs is 3. The third-order valence-corrected chi connectivity index (χ3v) is 11.7. The number of morpholine rings is 1. The van der Waals surface area contributed by atoms with Crippen LogP contribution in [0.2, 0.25) is 0 Å². The van der Waals surface area contributed by atoms with E-state index in [1.165, 1.54) is 12.5 Å². The normalized spacial score (nSPS) is 17.8. The summed E-state index contributed by atoms with van der Waals surface area (Å²) in [6.45, 7) is 12.6. The van der Waals surface area contributed by atoms with Gasteiger partial charge in [0, 0.05) is 70.6 Å². The summed E-state index contributed by atoms with van der Waals surface area (Å²) >= 11 is 1.66. The molecule has 11 heteroatoms. The fourth-order valence-corrected chi connectivity index (χ4v) is 8.54. The van der Waals surface area contributed by atoms with E-state index in [2.05, 4.69) is 52.9 Å². The number of amides is 3. The fourth-order valence-electron chi connectivity index (χ4n) is 7.79. The Morgan fingerprint density at radius 1 is 0.881 bits per heavy atom. The summed E-state index contributed by atoms with van der Waals surface area (Å²) in [5.41, 5.74) is 10.6. The van der Waals surface area contributed by atoms with Crippen LogP contribution in [0.25, 0.3) is 33.7 Å². The average Bonchev–Trinajstić information content (AvgIpc) is 3.94. The number of aryl methyl sites for hydroxylation is 2. The molecule has 0 radical (unpaired) electrons. The molecule has 302 valence electrons. The van der Waals surface area contributed by atoms with E-state index in [1.54, 1.807) is 23.5 Å². The molecule has 1 aromatic heterocycles. The average molecular weight is 809 g/mol. The lowest BCUT2D eigenvalue weighted by Gasteiger charge is -2.32. The molecule has 0 atom stereocenters. The van der Waals surface area contributed by atoms with Gasteiger partial charge in [-0.25, -0.2) is 0 Å². The quantitative estimate of drug-likeness (QED) is 0.134.